The van der Waals surface area contributed by atoms with E-state index in [2.05, 4.69) is 16.0 Å². The number of anilines is 3. The predicted molar refractivity (Wildman–Crippen MR) is 106 cm³/mol. The van der Waals surface area contributed by atoms with Crippen molar-refractivity contribution in [3.63, 3.8) is 0 Å². The highest BCUT2D eigenvalue weighted by atomic mass is 16.3. The summed E-state index contributed by atoms with van der Waals surface area (Å²) in [6.45, 7) is 1.76. The van der Waals surface area contributed by atoms with E-state index < -0.39 is 0 Å². The summed E-state index contributed by atoms with van der Waals surface area (Å²) in [6.07, 6.45) is 1.79. The number of hydrogen-bond acceptors (Lipinski definition) is 4. The van der Waals surface area contributed by atoms with Crippen LogP contribution < -0.4 is 16.0 Å². The van der Waals surface area contributed by atoms with Crippen molar-refractivity contribution in [1.29, 1.82) is 0 Å². The average Bonchev–Trinajstić information content (AvgIpc) is 3.24. The van der Waals surface area contributed by atoms with Gasteiger partial charge in [0, 0.05) is 29.0 Å². The van der Waals surface area contributed by atoms with Crippen LogP contribution in [0.5, 0.6) is 0 Å². The Balaban J connectivity index is 1.62. The highest BCUT2D eigenvalue weighted by molar-refractivity contribution is 6.06. The Morgan fingerprint density at radius 2 is 1.46 bits per heavy atom. The Morgan fingerprint density at radius 3 is 2.07 bits per heavy atom. The van der Waals surface area contributed by atoms with Gasteiger partial charge < -0.3 is 20.4 Å². The number of furan rings is 1. The van der Waals surface area contributed by atoms with Crippen LogP contribution in [0.4, 0.5) is 17.1 Å². The fraction of sp³-hybridized carbons (Fsp3) is 0.0952. The Morgan fingerprint density at radius 1 is 0.786 bits per heavy atom. The van der Waals surface area contributed by atoms with Gasteiger partial charge in [0.25, 0.3) is 11.8 Å². The quantitative estimate of drug-likeness (QED) is 0.601. The lowest BCUT2D eigenvalue weighted by molar-refractivity contribution is -0.115. The van der Waals surface area contributed by atoms with Gasteiger partial charge in [0.2, 0.25) is 5.91 Å². The third-order valence-electron chi connectivity index (χ3n) is 3.88. The van der Waals surface area contributed by atoms with Crippen LogP contribution in [-0.4, -0.2) is 17.7 Å². The minimum atomic E-state index is -0.354. The van der Waals surface area contributed by atoms with Crippen LogP contribution in [0.1, 0.15) is 34.3 Å². The summed E-state index contributed by atoms with van der Waals surface area (Å²) < 4.78 is 5.04. The first-order valence-electron chi connectivity index (χ1n) is 8.71. The van der Waals surface area contributed by atoms with E-state index in [1.165, 1.54) is 6.26 Å². The fourth-order valence-corrected chi connectivity index (χ4v) is 2.43. The normalized spacial score (nSPS) is 10.2. The van der Waals surface area contributed by atoms with Gasteiger partial charge in [-0.05, 0) is 54.6 Å². The van der Waals surface area contributed by atoms with Crippen molar-refractivity contribution in [2.24, 2.45) is 0 Å². The maximum absolute atomic E-state index is 12.4. The second-order valence-electron chi connectivity index (χ2n) is 5.95. The van der Waals surface area contributed by atoms with Gasteiger partial charge in [-0.2, -0.15) is 0 Å². The number of carbonyl (C=O) groups excluding carboxylic acids is 3. The molecule has 0 atom stereocenters. The van der Waals surface area contributed by atoms with Gasteiger partial charge in [0.1, 0.15) is 0 Å². The molecule has 0 spiro atoms. The van der Waals surface area contributed by atoms with Gasteiger partial charge in [0.05, 0.1) is 6.26 Å². The number of carbonyl (C=O) groups is 3. The van der Waals surface area contributed by atoms with Crippen molar-refractivity contribution >= 4 is 34.8 Å². The zero-order chi connectivity index (χ0) is 19.9. The summed E-state index contributed by atoms with van der Waals surface area (Å²) in [5.41, 5.74) is 2.13. The molecule has 0 saturated heterocycles. The Labute approximate surface area is 161 Å². The molecule has 1 heterocycles. The number of rotatable bonds is 6. The molecule has 3 rings (SSSR count). The number of hydrogen-bond donors (Lipinski definition) is 3. The lowest BCUT2D eigenvalue weighted by Crippen LogP contribution is -2.14. The Hall–Kier alpha value is -3.87. The molecule has 3 aromatic rings. The van der Waals surface area contributed by atoms with E-state index >= 15 is 0 Å². The average molecular weight is 377 g/mol. The van der Waals surface area contributed by atoms with Gasteiger partial charge in [-0.25, -0.2) is 0 Å². The van der Waals surface area contributed by atoms with Crippen molar-refractivity contribution in [3.05, 3.63) is 78.3 Å². The molecular weight excluding hydrogens is 358 g/mol. The van der Waals surface area contributed by atoms with Crippen LogP contribution in [0.2, 0.25) is 0 Å². The van der Waals surface area contributed by atoms with E-state index in [1.54, 1.807) is 67.6 Å². The van der Waals surface area contributed by atoms with Crippen molar-refractivity contribution < 1.29 is 18.8 Å². The third kappa shape index (κ3) is 4.85. The molecular formula is C21H19N3O4. The highest BCUT2D eigenvalue weighted by Gasteiger charge is 2.10. The van der Waals surface area contributed by atoms with E-state index in [-0.39, 0.29) is 23.5 Å². The minimum Gasteiger partial charge on any atom is -0.459 e. The van der Waals surface area contributed by atoms with Gasteiger partial charge in [0.15, 0.2) is 5.76 Å². The summed E-state index contributed by atoms with van der Waals surface area (Å²) in [4.78, 5) is 35.9. The lowest BCUT2D eigenvalue weighted by Gasteiger charge is -2.09. The zero-order valence-electron chi connectivity index (χ0n) is 15.2. The van der Waals surface area contributed by atoms with Crippen LogP contribution in [0.15, 0.2) is 71.3 Å². The highest BCUT2D eigenvalue weighted by Crippen LogP contribution is 2.17. The molecule has 1 aromatic heterocycles. The van der Waals surface area contributed by atoms with E-state index in [0.717, 1.165) is 0 Å². The van der Waals surface area contributed by atoms with Crippen LogP contribution in [0.25, 0.3) is 0 Å². The second kappa shape index (κ2) is 8.68. The van der Waals surface area contributed by atoms with E-state index in [0.29, 0.717) is 29.0 Å². The summed E-state index contributed by atoms with van der Waals surface area (Å²) >= 11 is 0. The molecule has 142 valence electrons. The van der Waals surface area contributed by atoms with Gasteiger partial charge in [-0.3, -0.25) is 14.4 Å². The molecule has 0 aliphatic heterocycles. The molecule has 0 saturated carbocycles. The van der Waals surface area contributed by atoms with Crippen LogP contribution in [-0.2, 0) is 4.79 Å². The molecule has 0 bridgehead atoms. The monoisotopic (exact) mass is 377 g/mol. The van der Waals surface area contributed by atoms with E-state index in [9.17, 15) is 14.4 Å². The van der Waals surface area contributed by atoms with Crippen LogP contribution >= 0.6 is 0 Å². The topological polar surface area (TPSA) is 100 Å². The molecule has 0 radical (unpaired) electrons. The molecule has 3 amide bonds. The smallest absolute Gasteiger partial charge is 0.291 e. The standard InChI is InChI=1S/C21H19N3O4/c1-2-19(25)22-17-6-3-5-14(13-17)20(26)23-15-8-10-16(11-9-15)24-21(27)18-7-4-12-28-18/h3-13H,2H2,1H3,(H,22,25)(H,23,26)(H,24,27). The van der Waals surface area contributed by atoms with Crippen molar-refractivity contribution in [3.8, 4) is 0 Å². The molecule has 2 aromatic carbocycles. The molecule has 3 N–H and O–H groups in total. The molecule has 0 fully saturated rings. The van der Waals surface area contributed by atoms with Crippen molar-refractivity contribution in [2.45, 2.75) is 13.3 Å². The SMILES string of the molecule is CCC(=O)Nc1cccc(C(=O)Nc2ccc(NC(=O)c3ccco3)cc2)c1. The molecule has 0 unspecified atom stereocenters. The van der Waals surface area contributed by atoms with Crippen LogP contribution in [0, 0.1) is 0 Å². The number of amides is 3. The number of nitrogens with one attached hydrogen (secondary N) is 3. The van der Waals surface area contributed by atoms with Gasteiger partial charge in [-0.1, -0.05) is 13.0 Å². The molecule has 0 aliphatic carbocycles. The van der Waals surface area contributed by atoms with E-state index in [1.807, 2.05) is 0 Å². The zero-order valence-corrected chi connectivity index (χ0v) is 15.2. The largest absolute Gasteiger partial charge is 0.459 e. The molecule has 28 heavy (non-hydrogen) atoms. The lowest BCUT2D eigenvalue weighted by atomic mass is 10.1. The first kappa shape index (κ1) is 18.9. The molecule has 0 aliphatic rings. The Bertz CT molecular complexity index is 979. The maximum Gasteiger partial charge on any atom is 0.291 e. The minimum absolute atomic E-state index is 0.121. The van der Waals surface area contributed by atoms with Crippen LogP contribution in [0.3, 0.4) is 0 Å². The summed E-state index contributed by atoms with van der Waals surface area (Å²) in [7, 11) is 0. The maximum atomic E-state index is 12.4. The second-order valence-corrected chi connectivity index (χ2v) is 5.95. The third-order valence-corrected chi connectivity index (χ3v) is 3.88. The fourth-order valence-electron chi connectivity index (χ4n) is 2.43. The van der Waals surface area contributed by atoms with Crippen molar-refractivity contribution in [2.75, 3.05) is 16.0 Å². The number of benzene rings is 2. The first-order chi connectivity index (χ1) is 13.5. The Kier molecular flexibility index (Phi) is 5.86. The molecule has 7 nitrogen and oxygen atoms in total. The summed E-state index contributed by atoms with van der Waals surface area (Å²) in [6, 6.07) is 16.6. The molecule has 7 heteroatoms. The van der Waals surface area contributed by atoms with E-state index in [4.69, 9.17) is 4.42 Å². The summed E-state index contributed by atoms with van der Waals surface area (Å²) in [5, 5.41) is 8.20. The van der Waals surface area contributed by atoms with Gasteiger partial charge >= 0.3 is 0 Å². The summed E-state index contributed by atoms with van der Waals surface area (Å²) in [5.74, 6) is -0.565. The van der Waals surface area contributed by atoms with Gasteiger partial charge in [-0.15, -0.1) is 0 Å². The first-order valence-corrected chi connectivity index (χ1v) is 8.71. The van der Waals surface area contributed by atoms with Crippen molar-refractivity contribution in [1.82, 2.24) is 0 Å². The predicted octanol–water partition coefficient (Wildman–Crippen LogP) is 4.13.